The molecule has 0 unspecified atom stereocenters. The Balaban J connectivity index is 1.36. The van der Waals surface area contributed by atoms with Crippen LogP contribution < -0.4 is 10.6 Å². The number of hydrogen-bond acceptors (Lipinski definition) is 5. The molecule has 6 fully saturated rings. The zero-order valence-electron chi connectivity index (χ0n) is 29.0. The molecular formula is C40H43Cl2FN6O. The van der Waals surface area contributed by atoms with Crippen molar-refractivity contribution in [3.63, 3.8) is 0 Å². The number of aromatic nitrogens is 2. The molecule has 6 aliphatic rings. The van der Waals surface area contributed by atoms with Gasteiger partial charge in [-0.2, -0.15) is 5.26 Å². The summed E-state index contributed by atoms with van der Waals surface area (Å²) in [6, 6.07) is 12.1. The Morgan fingerprint density at radius 2 is 1.94 bits per heavy atom. The molecule has 10 rings (SSSR count). The fourth-order valence-corrected chi connectivity index (χ4v) is 10.7. The fraction of sp³-hybridized carbons (Fsp3) is 0.525. The molecule has 2 N–H and O–H groups in total. The number of halogens is 3. The van der Waals surface area contributed by atoms with Gasteiger partial charge in [-0.1, -0.05) is 56.1 Å². The third-order valence-corrected chi connectivity index (χ3v) is 13.7. The highest BCUT2D eigenvalue weighted by Gasteiger charge is 2.66. The summed E-state index contributed by atoms with van der Waals surface area (Å²) in [5.41, 5.74) is 4.50. The van der Waals surface area contributed by atoms with E-state index in [2.05, 4.69) is 59.1 Å². The highest BCUT2D eigenvalue weighted by molar-refractivity contribution is 6.43. The van der Waals surface area contributed by atoms with E-state index in [4.69, 9.17) is 28.2 Å². The highest BCUT2D eigenvalue weighted by atomic mass is 35.5. The smallest absolute Gasteiger partial charge is 0.226 e. The number of likely N-dealkylation sites (tertiary alicyclic amines) is 1. The average Bonchev–Trinajstić information content (AvgIpc) is 3.42. The SMILES string of the molecule is Cc1nc2c(F)c(-c3cccc(Cl)c3Cl)c(CCC#N)cc2c2c1cc([C@H]1[C@@H]3CNC[C@@H](C3)N1C(=O)C1CC1)n2[C@H]1[C@H]2CN[C@@]1(C(C)(C)C)C2. The molecule has 4 aromatic rings. The van der Waals surface area contributed by atoms with Crippen LogP contribution in [0.2, 0.25) is 10.0 Å². The second-order valence-electron chi connectivity index (χ2n) is 16.6. The lowest BCUT2D eigenvalue weighted by molar-refractivity contribution is -0.135. The highest BCUT2D eigenvalue weighted by Crippen LogP contribution is 2.62. The number of nitriles is 1. The summed E-state index contributed by atoms with van der Waals surface area (Å²) in [6.45, 7) is 11.5. The number of carbonyl (C=O) groups is 1. The fourth-order valence-electron chi connectivity index (χ4n) is 10.3. The molecule has 6 atom stereocenters. The van der Waals surface area contributed by atoms with Gasteiger partial charge in [0.05, 0.1) is 33.7 Å². The molecule has 50 heavy (non-hydrogen) atoms. The monoisotopic (exact) mass is 712 g/mol. The lowest BCUT2D eigenvalue weighted by Gasteiger charge is -2.56. The molecule has 4 aliphatic heterocycles. The van der Waals surface area contributed by atoms with Crippen LogP contribution in [0.5, 0.6) is 0 Å². The molecule has 260 valence electrons. The number of piperidine rings is 1. The third-order valence-electron chi connectivity index (χ3n) is 12.9. The zero-order valence-corrected chi connectivity index (χ0v) is 30.6. The molecule has 4 saturated heterocycles. The summed E-state index contributed by atoms with van der Waals surface area (Å²) in [5, 5.41) is 19.6. The van der Waals surface area contributed by atoms with Crippen LogP contribution in [0.4, 0.5) is 4.39 Å². The Morgan fingerprint density at radius 3 is 2.66 bits per heavy atom. The Bertz CT molecular complexity index is 2140. The minimum Gasteiger partial charge on any atom is -0.337 e. The molecule has 0 spiro atoms. The van der Waals surface area contributed by atoms with Crippen LogP contribution in [0.25, 0.3) is 32.9 Å². The normalized spacial score (nSPS) is 28.8. The van der Waals surface area contributed by atoms with Crippen molar-refractivity contribution in [3.05, 3.63) is 63.1 Å². The number of carbonyl (C=O) groups excluding carboxylic acids is 1. The van der Waals surface area contributed by atoms with Crippen molar-refractivity contribution in [1.82, 2.24) is 25.1 Å². The molecule has 2 saturated carbocycles. The Morgan fingerprint density at radius 1 is 1.14 bits per heavy atom. The van der Waals surface area contributed by atoms with Crippen LogP contribution in [-0.2, 0) is 11.2 Å². The largest absolute Gasteiger partial charge is 0.337 e. The molecule has 2 aromatic carbocycles. The minimum atomic E-state index is -0.453. The van der Waals surface area contributed by atoms with Gasteiger partial charge in [-0.3, -0.25) is 4.79 Å². The van der Waals surface area contributed by atoms with Gasteiger partial charge in [-0.05, 0) is 80.0 Å². The van der Waals surface area contributed by atoms with Crippen LogP contribution in [0.15, 0.2) is 30.3 Å². The molecule has 6 heterocycles. The van der Waals surface area contributed by atoms with Gasteiger partial charge < -0.3 is 20.1 Å². The first kappa shape index (κ1) is 32.7. The maximum Gasteiger partial charge on any atom is 0.226 e. The molecular weight excluding hydrogens is 670 g/mol. The van der Waals surface area contributed by atoms with Crippen LogP contribution in [0.3, 0.4) is 0 Å². The van der Waals surface area contributed by atoms with E-state index in [1.54, 1.807) is 18.2 Å². The first-order valence-corrected chi connectivity index (χ1v) is 19.0. The van der Waals surface area contributed by atoms with E-state index in [1.165, 1.54) is 0 Å². The van der Waals surface area contributed by atoms with E-state index in [1.807, 2.05) is 6.92 Å². The number of fused-ring (bicyclic) bond motifs is 6. The van der Waals surface area contributed by atoms with Crippen molar-refractivity contribution in [2.75, 3.05) is 19.6 Å². The number of amides is 1. The van der Waals surface area contributed by atoms with Gasteiger partial charge in [0.15, 0.2) is 5.82 Å². The summed E-state index contributed by atoms with van der Waals surface area (Å²) in [4.78, 5) is 21.4. The number of benzene rings is 2. The second kappa shape index (κ2) is 11.4. The lowest BCUT2D eigenvalue weighted by atomic mass is 9.56. The predicted octanol–water partition coefficient (Wildman–Crippen LogP) is 8.29. The number of nitrogens with zero attached hydrogens (tertiary/aromatic N) is 4. The number of aryl methyl sites for hydroxylation is 2. The van der Waals surface area contributed by atoms with E-state index in [-0.39, 0.29) is 63.8 Å². The molecule has 0 radical (unpaired) electrons. The number of pyridine rings is 1. The average molecular weight is 714 g/mol. The van der Waals surface area contributed by atoms with Crippen LogP contribution >= 0.6 is 23.2 Å². The van der Waals surface area contributed by atoms with E-state index in [0.717, 1.165) is 73.0 Å². The maximum absolute atomic E-state index is 17.3. The number of rotatable bonds is 6. The van der Waals surface area contributed by atoms with Crippen LogP contribution in [0, 0.1) is 47.2 Å². The molecule has 7 nitrogen and oxygen atoms in total. The van der Waals surface area contributed by atoms with Gasteiger partial charge in [0, 0.05) is 76.8 Å². The Labute approximate surface area is 302 Å². The number of hydrogen-bond donors (Lipinski definition) is 2. The van der Waals surface area contributed by atoms with E-state index in [9.17, 15) is 10.1 Å². The van der Waals surface area contributed by atoms with Gasteiger partial charge in [-0.15, -0.1) is 0 Å². The first-order chi connectivity index (χ1) is 23.9. The van der Waals surface area contributed by atoms with Crippen molar-refractivity contribution >= 4 is 50.9 Å². The van der Waals surface area contributed by atoms with Gasteiger partial charge >= 0.3 is 0 Å². The summed E-state index contributed by atoms with van der Waals surface area (Å²) < 4.78 is 19.9. The van der Waals surface area contributed by atoms with Crippen LogP contribution in [-0.4, -0.2) is 51.6 Å². The Kier molecular flexibility index (Phi) is 7.44. The molecule has 1 amide bonds. The van der Waals surface area contributed by atoms with Crippen molar-refractivity contribution < 1.29 is 9.18 Å². The van der Waals surface area contributed by atoms with Crippen molar-refractivity contribution in [2.24, 2.45) is 23.2 Å². The molecule has 2 aromatic heterocycles. The second-order valence-corrected chi connectivity index (χ2v) is 17.3. The zero-order chi connectivity index (χ0) is 34.9. The van der Waals surface area contributed by atoms with Gasteiger partial charge in [0.2, 0.25) is 5.91 Å². The first-order valence-electron chi connectivity index (χ1n) is 18.2. The lowest BCUT2D eigenvalue weighted by Crippen LogP contribution is -2.61. The van der Waals surface area contributed by atoms with E-state index < -0.39 is 5.82 Å². The van der Waals surface area contributed by atoms with Crippen LogP contribution in [0.1, 0.15) is 81.9 Å². The summed E-state index contributed by atoms with van der Waals surface area (Å²) >= 11 is 13.2. The van der Waals surface area contributed by atoms with E-state index in [0.29, 0.717) is 34.1 Å². The Hall–Kier alpha value is -3.22. The van der Waals surface area contributed by atoms with Crippen molar-refractivity contribution in [2.45, 2.75) is 89.9 Å². The third kappa shape index (κ3) is 4.52. The number of nitrogens with one attached hydrogen (secondary N) is 2. The quantitative estimate of drug-likeness (QED) is 0.210. The van der Waals surface area contributed by atoms with Crippen molar-refractivity contribution in [3.8, 4) is 17.2 Å². The van der Waals surface area contributed by atoms with E-state index >= 15 is 4.39 Å². The van der Waals surface area contributed by atoms with Crippen molar-refractivity contribution in [1.29, 1.82) is 5.26 Å². The predicted molar refractivity (Wildman–Crippen MR) is 196 cm³/mol. The maximum atomic E-state index is 17.3. The standard InChI is InChI=1S/C40H43Cl2FN6O/c1-20-27-15-30(35-23-13-25(19-45-17-23)48(35)38(50)21-10-11-21)49(37-24-16-40(37,46-18-24)39(2,3)4)36(27)28-14-22(7-6-12-44)31(33(43)34(28)47-20)26-8-5-9-29(41)32(26)42/h5,8-9,14-15,21,23-25,35,37,45-46H,6-7,10-11,13,16-19H2,1-4H3/t23-,24+,25+,35+,37-,40-/m0/s1. The van der Waals surface area contributed by atoms with Gasteiger partial charge in [0.25, 0.3) is 0 Å². The van der Waals surface area contributed by atoms with Gasteiger partial charge in [-0.25, -0.2) is 9.37 Å². The van der Waals surface area contributed by atoms with Gasteiger partial charge in [0.1, 0.15) is 5.52 Å². The molecule has 2 aliphatic carbocycles. The summed E-state index contributed by atoms with van der Waals surface area (Å²) in [6.07, 6.45) is 4.58. The molecule has 10 heteroatoms. The summed E-state index contributed by atoms with van der Waals surface area (Å²) in [5.74, 6) is 0.650. The topological polar surface area (TPSA) is 86.0 Å². The molecule has 4 bridgehead atoms. The minimum absolute atomic E-state index is 0.0489. The summed E-state index contributed by atoms with van der Waals surface area (Å²) in [7, 11) is 0.